The highest BCUT2D eigenvalue weighted by atomic mass is 32.1. The van der Waals surface area contributed by atoms with Gasteiger partial charge in [0.15, 0.2) is 0 Å². The van der Waals surface area contributed by atoms with Gasteiger partial charge >= 0.3 is 0 Å². The predicted molar refractivity (Wildman–Crippen MR) is 62.4 cm³/mol. The lowest BCUT2D eigenvalue weighted by atomic mass is 10.3. The van der Waals surface area contributed by atoms with Crippen LogP contribution >= 0.6 is 12.2 Å². The zero-order valence-electron chi connectivity index (χ0n) is 8.23. The van der Waals surface area contributed by atoms with Crippen molar-refractivity contribution in [3.8, 4) is 0 Å². The van der Waals surface area contributed by atoms with Crippen LogP contribution in [-0.2, 0) is 4.79 Å². The number of hydrogen-bond donors (Lipinski definition) is 3. The Morgan fingerprint density at radius 2 is 2.20 bits per heavy atom. The van der Waals surface area contributed by atoms with E-state index in [0.29, 0.717) is 11.4 Å². The lowest BCUT2D eigenvalue weighted by Gasteiger charge is -2.11. The van der Waals surface area contributed by atoms with Gasteiger partial charge in [-0.3, -0.25) is 9.78 Å². The second-order valence-electron chi connectivity index (χ2n) is 3.06. The number of hydrogen-bond acceptors (Lipinski definition) is 4. The fourth-order valence-corrected chi connectivity index (χ4v) is 1.07. The minimum atomic E-state index is -0.442. The zero-order chi connectivity index (χ0) is 11.4. The van der Waals surface area contributed by atoms with Crippen molar-refractivity contribution in [3.63, 3.8) is 0 Å². The smallest absolute Gasteiger partial charge is 0.239 e. The van der Waals surface area contributed by atoms with E-state index >= 15 is 0 Å². The highest BCUT2D eigenvalue weighted by Crippen LogP contribution is 2.07. The summed E-state index contributed by atoms with van der Waals surface area (Å²) in [6, 6.07) is 2.97. The number of anilines is 1. The number of aromatic nitrogens is 1. The van der Waals surface area contributed by atoms with Crippen LogP contribution in [0.25, 0.3) is 0 Å². The van der Waals surface area contributed by atoms with E-state index in [-0.39, 0.29) is 4.99 Å². The maximum Gasteiger partial charge on any atom is 0.239 e. The molecule has 0 saturated carbocycles. The fourth-order valence-electron chi connectivity index (χ4n) is 0.946. The first-order valence-corrected chi connectivity index (χ1v) is 4.73. The van der Waals surface area contributed by atoms with Gasteiger partial charge in [0.25, 0.3) is 0 Å². The average molecular weight is 224 g/mol. The summed E-state index contributed by atoms with van der Waals surface area (Å²) in [5.41, 5.74) is 11.7. The van der Waals surface area contributed by atoms with Crippen molar-refractivity contribution in [2.24, 2.45) is 11.5 Å². The number of pyridine rings is 1. The third kappa shape index (κ3) is 3.17. The van der Waals surface area contributed by atoms with Crippen LogP contribution in [0.15, 0.2) is 18.3 Å². The van der Waals surface area contributed by atoms with Crippen molar-refractivity contribution >= 4 is 28.8 Å². The Labute approximate surface area is 92.9 Å². The van der Waals surface area contributed by atoms with Crippen LogP contribution in [0.5, 0.6) is 0 Å². The molecule has 1 aromatic rings. The van der Waals surface area contributed by atoms with Crippen molar-refractivity contribution in [1.29, 1.82) is 0 Å². The van der Waals surface area contributed by atoms with Gasteiger partial charge in [-0.25, -0.2) is 0 Å². The molecule has 0 radical (unpaired) electrons. The van der Waals surface area contributed by atoms with E-state index in [1.807, 2.05) is 0 Å². The SMILES string of the molecule is CC(Nc1ccc(C(N)=S)nc1)C(N)=O. The van der Waals surface area contributed by atoms with Crippen molar-refractivity contribution in [1.82, 2.24) is 4.98 Å². The minimum absolute atomic E-state index is 0.240. The number of primary amides is 1. The summed E-state index contributed by atoms with van der Waals surface area (Å²) < 4.78 is 0. The molecule has 6 heteroatoms. The molecular weight excluding hydrogens is 212 g/mol. The molecule has 0 aliphatic carbocycles. The fraction of sp³-hybridized carbons (Fsp3) is 0.222. The Kier molecular flexibility index (Phi) is 3.56. The van der Waals surface area contributed by atoms with Gasteiger partial charge < -0.3 is 16.8 Å². The van der Waals surface area contributed by atoms with Gasteiger partial charge in [-0.1, -0.05) is 12.2 Å². The van der Waals surface area contributed by atoms with Crippen LogP contribution < -0.4 is 16.8 Å². The summed E-state index contributed by atoms with van der Waals surface area (Å²) in [4.78, 5) is 15.0. The molecule has 0 aromatic carbocycles. The second kappa shape index (κ2) is 4.70. The molecule has 0 aliphatic rings. The number of carbonyl (C=O) groups excluding carboxylic acids is 1. The van der Waals surface area contributed by atoms with Crippen LogP contribution in [0.4, 0.5) is 5.69 Å². The number of nitrogens with one attached hydrogen (secondary N) is 1. The Balaban J connectivity index is 2.72. The van der Waals surface area contributed by atoms with E-state index in [4.69, 9.17) is 23.7 Å². The highest BCUT2D eigenvalue weighted by Gasteiger charge is 2.07. The molecule has 1 atom stereocenters. The van der Waals surface area contributed by atoms with Crippen molar-refractivity contribution in [2.75, 3.05) is 5.32 Å². The van der Waals surface area contributed by atoms with Gasteiger partial charge in [0.1, 0.15) is 11.0 Å². The first-order valence-electron chi connectivity index (χ1n) is 4.32. The number of carbonyl (C=O) groups is 1. The topological polar surface area (TPSA) is 94.0 Å². The Morgan fingerprint density at radius 3 is 2.60 bits per heavy atom. The normalized spacial score (nSPS) is 11.8. The van der Waals surface area contributed by atoms with E-state index in [9.17, 15) is 4.79 Å². The van der Waals surface area contributed by atoms with E-state index in [0.717, 1.165) is 0 Å². The molecule has 1 amide bonds. The van der Waals surface area contributed by atoms with Gasteiger partial charge in [0.05, 0.1) is 17.6 Å². The number of rotatable bonds is 4. The van der Waals surface area contributed by atoms with Crippen LogP contribution in [-0.4, -0.2) is 21.9 Å². The lowest BCUT2D eigenvalue weighted by molar-refractivity contribution is -0.118. The van der Waals surface area contributed by atoms with Crippen LogP contribution in [0.1, 0.15) is 12.6 Å². The van der Waals surface area contributed by atoms with Gasteiger partial charge in [0.2, 0.25) is 5.91 Å². The highest BCUT2D eigenvalue weighted by molar-refractivity contribution is 7.80. The average Bonchev–Trinajstić information content (AvgIpc) is 2.18. The molecule has 1 heterocycles. The molecule has 0 saturated heterocycles. The van der Waals surface area contributed by atoms with Crippen molar-refractivity contribution in [2.45, 2.75) is 13.0 Å². The number of nitrogens with two attached hydrogens (primary N) is 2. The van der Waals surface area contributed by atoms with Crippen molar-refractivity contribution in [3.05, 3.63) is 24.0 Å². The molecule has 1 rings (SSSR count). The first kappa shape index (κ1) is 11.4. The standard InChI is InChI=1S/C9H12N4OS/c1-5(8(10)14)13-6-2-3-7(9(11)15)12-4-6/h2-5,13H,1H3,(H2,10,14)(H2,11,15). The summed E-state index contributed by atoms with van der Waals surface area (Å²) in [6.07, 6.45) is 1.55. The van der Waals surface area contributed by atoms with Gasteiger partial charge in [-0.05, 0) is 19.1 Å². The Hall–Kier alpha value is -1.69. The largest absolute Gasteiger partial charge is 0.388 e. The molecule has 1 unspecified atom stereocenters. The lowest BCUT2D eigenvalue weighted by Crippen LogP contribution is -2.32. The van der Waals surface area contributed by atoms with E-state index in [1.54, 1.807) is 25.3 Å². The maximum atomic E-state index is 10.8. The zero-order valence-corrected chi connectivity index (χ0v) is 9.04. The third-order valence-electron chi connectivity index (χ3n) is 1.83. The minimum Gasteiger partial charge on any atom is -0.388 e. The number of nitrogens with zero attached hydrogens (tertiary/aromatic N) is 1. The van der Waals surface area contributed by atoms with Crippen LogP contribution in [0.3, 0.4) is 0 Å². The molecule has 0 spiro atoms. The Morgan fingerprint density at radius 1 is 1.53 bits per heavy atom. The molecule has 1 aromatic heterocycles. The molecule has 0 aliphatic heterocycles. The maximum absolute atomic E-state index is 10.8. The number of amides is 1. The molecule has 5 nitrogen and oxygen atoms in total. The molecule has 15 heavy (non-hydrogen) atoms. The molecular formula is C9H12N4OS. The van der Waals surface area contributed by atoms with E-state index in [2.05, 4.69) is 10.3 Å². The summed E-state index contributed by atoms with van der Waals surface area (Å²) in [5.74, 6) is -0.423. The molecule has 80 valence electrons. The van der Waals surface area contributed by atoms with E-state index < -0.39 is 11.9 Å². The quantitative estimate of drug-likeness (QED) is 0.626. The number of thiocarbonyl (C=S) groups is 1. The summed E-state index contributed by atoms with van der Waals surface area (Å²) in [6.45, 7) is 1.67. The summed E-state index contributed by atoms with van der Waals surface area (Å²) in [5, 5.41) is 2.89. The second-order valence-corrected chi connectivity index (χ2v) is 3.50. The predicted octanol–water partition coefficient (Wildman–Crippen LogP) is 0.00150. The van der Waals surface area contributed by atoms with Crippen molar-refractivity contribution < 1.29 is 4.79 Å². The molecule has 0 bridgehead atoms. The summed E-state index contributed by atoms with van der Waals surface area (Å²) in [7, 11) is 0. The van der Waals surface area contributed by atoms with E-state index in [1.165, 1.54) is 0 Å². The molecule has 5 N–H and O–H groups in total. The van der Waals surface area contributed by atoms with Gasteiger partial charge in [0, 0.05) is 0 Å². The summed E-state index contributed by atoms with van der Waals surface area (Å²) >= 11 is 4.76. The van der Waals surface area contributed by atoms with Crippen LogP contribution in [0, 0.1) is 0 Å². The molecule has 0 fully saturated rings. The van der Waals surface area contributed by atoms with Gasteiger partial charge in [-0.2, -0.15) is 0 Å². The van der Waals surface area contributed by atoms with Crippen LogP contribution in [0.2, 0.25) is 0 Å². The first-order chi connectivity index (χ1) is 7.00. The third-order valence-corrected chi connectivity index (χ3v) is 2.04. The van der Waals surface area contributed by atoms with Gasteiger partial charge in [-0.15, -0.1) is 0 Å². The Bertz CT molecular complexity index is 376. The monoisotopic (exact) mass is 224 g/mol.